The molecule has 0 unspecified atom stereocenters. The molecule has 0 aliphatic heterocycles. The maximum absolute atomic E-state index is 12.5. The zero-order chi connectivity index (χ0) is 17.7. The van der Waals surface area contributed by atoms with Crippen molar-refractivity contribution in [2.75, 3.05) is 5.32 Å². The SMILES string of the molecule is CCC(CC)n1ncc(C(=O)Nc2ccc(CC(=O)O)cc2)c1C. The van der Waals surface area contributed by atoms with Crippen molar-refractivity contribution in [1.29, 1.82) is 0 Å². The fourth-order valence-corrected chi connectivity index (χ4v) is 2.73. The zero-order valence-electron chi connectivity index (χ0n) is 14.2. The minimum Gasteiger partial charge on any atom is -0.481 e. The summed E-state index contributed by atoms with van der Waals surface area (Å²) < 4.78 is 1.91. The van der Waals surface area contributed by atoms with Crippen LogP contribution >= 0.6 is 0 Å². The second-order valence-electron chi connectivity index (χ2n) is 5.78. The van der Waals surface area contributed by atoms with Crippen molar-refractivity contribution in [1.82, 2.24) is 9.78 Å². The lowest BCUT2D eigenvalue weighted by atomic mass is 10.1. The van der Waals surface area contributed by atoms with Crippen LogP contribution in [0.4, 0.5) is 5.69 Å². The first-order valence-corrected chi connectivity index (χ1v) is 8.12. The molecule has 2 aromatic rings. The average molecular weight is 329 g/mol. The summed E-state index contributed by atoms with van der Waals surface area (Å²) >= 11 is 0. The molecule has 0 aliphatic carbocycles. The Balaban J connectivity index is 2.11. The van der Waals surface area contributed by atoms with E-state index >= 15 is 0 Å². The van der Waals surface area contributed by atoms with Gasteiger partial charge in [0.05, 0.1) is 24.2 Å². The molecule has 0 atom stereocenters. The van der Waals surface area contributed by atoms with Crippen LogP contribution in [-0.2, 0) is 11.2 Å². The molecule has 1 heterocycles. The van der Waals surface area contributed by atoms with Gasteiger partial charge in [-0.25, -0.2) is 0 Å². The van der Waals surface area contributed by atoms with E-state index in [0.717, 1.165) is 18.5 Å². The van der Waals surface area contributed by atoms with Gasteiger partial charge in [-0.15, -0.1) is 0 Å². The van der Waals surface area contributed by atoms with Crippen LogP contribution in [0.25, 0.3) is 0 Å². The molecule has 2 rings (SSSR count). The number of carboxylic acids is 1. The molecule has 0 saturated carbocycles. The Kier molecular flexibility index (Phi) is 5.73. The number of amides is 1. The van der Waals surface area contributed by atoms with Gasteiger partial charge in [0.25, 0.3) is 5.91 Å². The number of benzene rings is 1. The Morgan fingerprint density at radius 2 is 1.83 bits per heavy atom. The number of nitrogens with one attached hydrogen (secondary N) is 1. The van der Waals surface area contributed by atoms with Crippen molar-refractivity contribution in [3.63, 3.8) is 0 Å². The number of aliphatic carboxylic acids is 1. The normalized spacial score (nSPS) is 10.8. The number of aromatic nitrogens is 2. The molecule has 6 heteroatoms. The summed E-state index contributed by atoms with van der Waals surface area (Å²) in [6.45, 7) is 6.11. The standard InChI is InChI=1S/C18H23N3O3/c1-4-15(5-2)21-12(3)16(11-19-21)18(24)20-14-8-6-13(7-9-14)10-17(22)23/h6-9,11,15H,4-5,10H2,1-3H3,(H,20,24)(H,22,23). The molecule has 1 aromatic carbocycles. The van der Waals surface area contributed by atoms with Gasteiger partial charge in [-0.1, -0.05) is 26.0 Å². The molecule has 0 spiro atoms. The van der Waals surface area contributed by atoms with E-state index in [0.29, 0.717) is 22.9 Å². The first kappa shape index (κ1) is 17.7. The molecule has 0 radical (unpaired) electrons. The van der Waals surface area contributed by atoms with Gasteiger partial charge < -0.3 is 10.4 Å². The van der Waals surface area contributed by atoms with Crippen molar-refractivity contribution < 1.29 is 14.7 Å². The predicted octanol–water partition coefficient (Wildman–Crippen LogP) is 3.43. The molecular formula is C18H23N3O3. The first-order valence-electron chi connectivity index (χ1n) is 8.12. The molecule has 1 aromatic heterocycles. The quantitative estimate of drug-likeness (QED) is 0.815. The number of carbonyl (C=O) groups is 2. The van der Waals surface area contributed by atoms with Crippen LogP contribution in [0.1, 0.15) is 54.3 Å². The molecule has 1 amide bonds. The summed E-state index contributed by atoms with van der Waals surface area (Å²) in [4.78, 5) is 23.1. The number of rotatable bonds is 7. The summed E-state index contributed by atoms with van der Waals surface area (Å²) in [6.07, 6.45) is 3.49. The van der Waals surface area contributed by atoms with E-state index in [9.17, 15) is 9.59 Å². The summed E-state index contributed by atoms with van der Waals surface area (Å²) in [5, 5.41) is 16.0. The molecule has 2 N–H and O–H groups in total. The molecule has 0 bridgehead atoms. The maximum Gasteiger partial charge on any atom is 0.307 e. The lowest BCUT2D eigenvalue weighted by Gasteiger charge is -2.15. The van der Waals surface area contributed by atoms with Crippen LogP contribution in [0, 0.1) is 6.92 Å². The van der Waals surface area contributed by atoms with Crippen molar-refractivity contribution >= 4 is 17.6 Å². The van der Waals surface area contributed by atoms with E-state index in [2.05, 4.69) is 24.3 Å². The number of hydrogen-bond acceptors (Lipinski definition) is 3. The highest BCUT2D eigenvalue weighted by Gasteiger charge is 2.18. The van der Waals surface area contributed by atoms with Crippen molar-refractivity contribution in [3.8, 4) is 0 Å². The fraction of sp³-hybridized carbons (Fsp3) is 0.389. The highest BCUT2D eigenvalue weighted by Crippen LogP contribution is 2.20. The third-order valence-corrected chi connectivity index (χ3v) is 4.14. The van der Waals surface area contributed by atoms with E-state index in [4.69, 9.17) is 5.11 Å². The van der Waals surface area contributed by atoms with Crippen molar-refractivity contribution in [2.24, 2.45) is 0 Å². The van der Waals surface area contributed by atoms with E-state index in [-0.39, 0.29) is 12.3 Å². The van der Waals surface area contributed by atoms with Crippen LogP contribution in [0.5, 0.6) is 0 Å². The van der Waals surface area contributed by atoms with Crippen LogP contribution in [0.2, 0.25) is 0 Å². The highest BCUT2D eigenvalue weighted by atomic mass is 16.4. The molecule has 24 heavy (non-hydrogen) atoms. The average Bonchev–Trinajstić information content (AvgIpc) is 2.92. The number of nitrogens with zero attached hydrogens (tertiary/aromatic N) is 2. The van der Waals surface area contributed by atoms with Crippen LogP contribution in [-0.4, -0.2) is 26.8 Å². The number of hydrogen-bond donors (Lipinski definition) is 2. The van der Waals surface area contributed by atoms with E-state index < -0.39 is 5.97 Å². The van der Waals surface area contributed by atoms with Gasteiger partial charge in [-0.05, 0) is 37.5 Å². The van der Waals surface area contributed by atoms with Gasteiger partial charge >= 0.3 is 5.97 Å². The minimum atomic E-state index is -0.878. The number of anilines is 1. The minimum absolute atomic E-state index is 0.0322. The van der Waals surface area contributed by atoms with E-state index in [1.54, 1.807) is 30.5 Å². The third kappa shape index (κ3) is 4.01. The van der Waals surface area contributed by atoms with E-state index in [1.807, 2.05) is 11.6 Å². The van der Waals surface area contributed by atoms with Crippen molar-refractivity contribution in [2.45, 2.75) is 46.1 Å². The van der Waals surface area contributed by atoms with Gasteiger partial charge in [0, 0.05) is 11.4 Å². The summed E-state index contributed by atoms with van der Waals surface area (Å²) in [5.41, 5.74) is 2.72. The second kappa shape index (κ2) is 7.77. The fourth-order valence-electron chi connectivity index (χ4n) is 2.73. The van der Waals surface area contributed by atoms with Crippen molar-refractivity contribution in [3.05, 3.63) is 47.3 Å². The topological polar surface area (TPSA) is 84.2 Å². The molecule has 6 nitrogen and oxygen atoms in total. The largest absolute Gasteiger partial charge is 0.481 e. The third-order valence-electron chi connectivity index (χ3n) is 4.14. The van der Waals surface area contributed by atoms with Crippen LogP contribution in [0.15, 0.2) is 30.5 Å². The van der Waals surface area contributed by atoms with Crippen LogP contribution in [0.3, 0.4) is 0 Å². The summed E-state index contributed by atoms with van der Waals surface area (Å²) in [7, 11) is 0. The smallest absolute Gasteiger partial charge is 0.307 e. The molecule has 128 valence electrons. The summed E-state index contributed by atoms with van der Waals surface area (Å²) in [6, 6.07) is 7.10. The second-order valence-corrected chi connectivity index (χ2v) is 5.78. The predicted molar refractivity (Wildman–Crippen MR) is 92.3 cm³/mol. The monoisotopic (exact) mass is 329 g/mol. The molecule has 0 saturated heterocycles. The van der Waals surface area contributed by atoms with Gasteiger partial charge in [-0.3, -0.25) is 14.3 Å². The Hall–Kier alpha value is -2.63. The highest BCUT2D eigenvalue weighted by molar-refractivity contribution is 6.04. The number of carboxylic acid groups (broad SMARTS) is 1. The Bertz CT molecular complexity index is 716. The molecular weight excluding hydrogens is 306 g/mol. The van der Waals surface area contributed by atoms with Crippen LogP contribution < -0.4 is 5.32 Å². The Labute approximate surface area is 141 Å². The Morgan fingerprint density at radius 3 is 2.38 bits per heavy atom. The molecule has 0 aliphatic rings. The van der Waals surface area contributed by atoms with Gasteiger partial charge in [0.15, 0.2) is 0 Å². The van der Waals surface area contributed by atoms with E-state index in [1.165, 1.54) is 0 Å². The molecule has 0 fully saturated rings. The van der Waals surface area contributed by atoms with Gasteiger partial charge in [-0.2, -0.15) is 5.10 Å². The zero-order valence-corrected chi connectivity index (χ0v) is 14.2. The first-order chi connectivity index (χ1) is 11.5. The van der Waals surface area contributed by atoms with Gasteiger partial charge in [0.1, 0.15) is 0 Å². The van der Waals surface area contributed by atoms with Gasteiger partial charge in [0.2, 0.25) is 0 Å². The lowest BCUT2D eigenvalue weighted by Crippen LogP contribution is -2.15. The Morgan fingerprint density at radius 1 is 1.21 bits per heavy atom. The lowest BCUT2D eigenvalue weighted by molar-refractivity contribution is -0.136. The number of carbonyl (C=O) groups excluding carboxylic acids is 1. The summed E-state index contributed by atoms with van der Waals surface area (Å²) in [5.74, 6) is -1.09. The maximum atomic E-state index is 12.5.